The molecule has 5 nitrogen and oxygen atoms in total. The van der Waals surface area contributed by atoms with Gasteiger partial charge < -0.3 is 10.4 Å². The van der Waals surface area contributed by atoms with E-state index in [2.05, 4.69) is 5.32 Å². The molecule has 1 fully saturated rings. The lowest BCUT2D eigenvalue weighted by atomic mass is 9.86. The fourth-order valence-corrected chi connectivity index (χ4v) is 5.59. The normalized spacial score (nSPS) is 20.5. The number of hydrogen-bond donors (Lipinski definition) is 2. The van der Waals surface area contributed by atoms with Crippen LogP contribution in [0.15, 0.2) is 77.2 Å². The van der Waals surface area contributed by atoms with E-state index in [-0.39, 0.29) is 10.8 Å². The van der Waals surface area contributed by atoms with E-state index in [0.29, 0.717) is 17.8 Å². The third kappa shape index (κ3) is 3.17. The zero-order valence-corrected chi connectivity index (χ0v) is 16.6. The lowest BCUT2D eigenvalue weighted by molar-refractivity contribution is 0.110. The van der Waals surface area contributed by atoms with E-state index < -0.39 is 16.1 Å². The van der Waals surface area contributed by atoms with Gasteiger partial charge in [0.15, 0.2) is 0 Å². The minimum Gasteiger partial charge on any atom is -0.386 e. The number of allylic oxidation sites excluding steroid dienone is 1. The molecular weight excluding hydrogens is 372 g/mol. The molecule has 1 aliphatic heterocycles. The molecule has 0 saturated carbocycles. The van der Waals surface area contributed by atoms with Crippen LogP contribution in [0.25, 0.3) is 10.9 Å². The monoisotopic (exact) mass is 396 g/mol. The van der Waals surface area contributed by atoms with E-state index >= 15 is 0 Å². The minimum absolute atomic E-state index is 0.111. The van der Waals surface area contributed by atoms with Crippen LogP contribution in [0.3, 0.4) is 0 Å². The van der Waals surface area contributed by atoms with Gasteiger partial charge in [-0.05, 0) is 44.2 Å². The van der Waals surface area contributed by atoms with Crippen LogP contribution in [0.5, 0.6) is 0 Å². The average molecular weight is 397 g/mol. The second-order valence-electron chi connectivity index (χ2n) is 7.09. The molecule has 1 aliphatic rings. The Balaban J connectivity index is 1.91. The molecule has 1 aromatic heterocycles. The van der Waals surface area contributed by atoms with Gasteiger partial charge >= 0.3 is 0 Å². The molecule has 3 aromatic rings. The maximum Gasteiger partial charge on any atom is 0.268 e. The first-order valence-electron chi connectivity index (χ1n) is 9.49. The van der Waals surface area contributed by atoms with Crippen molar-refractivity contribution >= 4 is 20.9 Å². The topological polar surface area (TPSA) is 71.3 Å². The van der Waals surface area contributed by atoms with Gasteiger partial charge in [0.25, 0.3) is 10.0 Å². The van der Waals surface area contributed by atoms with E-state index in [9.17, 15) is 13.5 Å². The van der Waals surface area contributed by atoms with E-state index in [0.717, 1.165) is 23.9 Å². The number of hydrogen-bond acceptors (Lipinski definition) is 4. The predicted molar refractivity (Wildman–Crippen MR) is 111 cm³/mol. The molecule has 28 heavy (non-hydrogen) atoms. The number of aliphatic hydroxyl groups excluding tert-OH is 1. The fraction of sp³-hybridized carbons (Fsp3) is 0.273. The second kappa shape index (κ2) is 7.54. The van der Waals surface area contributed by atoms with Crippen LogP contribution in [-0.2, 0) is 10.0 Å². The van der Waals surface area contributed by atoms with Crippen molar-refractivity contribution in [2.75, 3.05) is 13.1 Å². The lowest BCUT2D eigenvalue weighted by Gasteiger charge is -2.30. The summed E-state index contributed by atoms with van der Waals surface area (Å²) >= 11 is 0. The Bertz CT molecular complexity index is 1120. The zero-order chi connectivity index (χ0) is 19.7. The number of aromatic nitrogens is 1. The van der Waals surface area contributed by atoms with Crippen LogP contribution in [0.1, 0.15) is 25.1 Å². The Morgan fingerprint density at radius 2 is 1.86 bits per heavy atom. The molecule has 0 bridgehead atoms. The zero-order valence-electron chi connectivity index (χ0n) is 15.7. The SMILES string of the molecule is C/C=C1/CNCC[C@@H]1C(O)c1cc2ccccc2n1S(=O)(=O)c1ccccc1. The molecule has 1 unspecified atom stereocenters. The molecule has 0 amide bonds. The van der Waals surface area contributed by atoms with E-state index in [1.807, 2.05) is 31.2 Å². The molecule has 0 aliphatic carbocycles. The van der Waals surface area contributed by atoms with Gasteiger partial charge in [-0.2, -0.15) is 0 Å². The average Bonchev–Trinajstić information content (AvgIpc) is 3.14. The first kappa shape index (κ1) is 18.9. The van der Waals surface area contributed by atoms with Crippen LogP contribution >= 0.6 is 0 Å². The van der Waals surface area contributed by atoms with Crippen LogP contribution in [-0.4, -0.2) is 30.6 Å². The standard InChI is InChI=1S/C22H24N2O3S/c1-2-16-15-23-13-12-19(16)22(25)21-14-17-8-6-7-11-20(17)24(21)28(26,27)18-9-4-3-5-10-18/h2-11,14,19,22-23,25H,12-13,15H2,1H3/b16-2-/t19-,22?/m0/s1. The number of para-hydroxylation sites is 1. The van der Waals surface area contributed by atoms with Crippen molar-refractivity contribution in [1.82, 2.24) is 9.29 Å². The van der Waals surface area contributed by atoms with Gasteiger partial charge in [0.05, 0.1) is 16.1 Å². The number of benzene rings is 2. The van der Waals surface area contributed by atoms with E-state index in [4.69, 9.17) is 0 Å². The minimum atomic E-state index is -3.84. The summed E-state index contributed by atoms with van der Waals surface area (Å²) in [6.45, 7) is 3.47. The maximum atomic E-state index is 13.5. The van der Waals surface area contributed by atoms with Gasteiger partial charge in [-0.15, -0.1) is 0 Å². The van der Waals surface area contributed by atoms with Crippen LogP contribution in [0.2, 0.25) is 0 Å². The number of piperidine rings is 1. The molecule has 146 valence electrons. The van der Waals surface area contributed by atoms with Crippen LogP contribution in [0.4, 0.5) is 0 Å². The maximum absolute atomic E-state index is 13.5. The summed E-state index contributed by atoms with van der Waals surface area (Å²) in [6.07, 6.45) is 1.87. The molecule has 6 heteroatoms. The largest absolute Gasteiger partial charge is 0.386 e. The third-order valence-corrected chi connectivity index (χ3v) is 7.22. The summed E-state index contributed by atoms with van der Waals surface area (Å²) < 4.78 is 28.3. The molecule has 4 rings (SSSR count). The Hall–Kier alpha value is -2.41. The Kier molecular flexibility index (Phi) is 5.10. The highest BCUT2D eigenvalue weighted by Crippen LogP contribution is 2.36. The van der Waals surface area contributed by atoms with Crippen molar-refractivity contribution in [2.24, 2.45) is 5.92 Å². The van der Waals surface area contributed by atoms with Gasteiger partial charge in [0.1, 0.15) is 6.10 Å². The predicted octanol–water partition coefficient (Wildman–Crippen LogP) is 3.47. The van der Waals surface area contributed by atoms with Crippen LogP contribution in [0, 0.1) is 5.92 Å². The number of aliphatic hydroxyl groups is 1. The summed E-state index contributed by atoms with van der Waals surface area (Å²) in [4.78, 5) is 0.210. The van der Waals surface area contributed by atoms with Gasteiger partial charge in [-0.1, -0.05) is 48.0 Å². The summed E-state index contributed by atoms with van der Waals surface area (Å²) in [6, 6.07) is 17.5. The molecule has 2 aromatic carbocycles. The van der Waals surface area contributed by atoms with E-state index in [1.165, 1.54) is 3.97 Å². The Morgan fingerprint density at radius 3 is 2.61 bits per heavy atom. The van der Waals surface area contributed by atoms with E-state index in [1.54, 1.807) is 42.5 Å². The third-order valence-electron chi connectivity index (χ3n) is 5.47. The lowest BCUT2D eigenvalue weighted by Crippen LogP contribution is -2.34. The van der Waals surface area contributed by atoms with Crippen molar-refractivity contribution in [3.8, 4) is 0 Å². The van der Waals surface area contributed by atoms with Gasteiger partial charge in [0.2, 0.25) is 0 Å². The summed E-state index contributed by atoms with van der Waals surface area (Å²) in [5.74, 6) is -0.111. The molecule has 1 saturated heterocycles. The molecule has 2 N–H and O–H groups in total. The fourth-order valence-electron chi connectivity index (χ4n) is 4.01. The quantitative estimate of drug-likeness (QED) is 0.663. The van der Waals surface area contributed by atoms with Gasteiger partial charge in [0, 0.05) is 17.8 Å². The second-order valence-corrected chi connectivity index (χ2v) is 8.88. The number of fused-ring (bicyclic) bond motifs is 1. The molecule has 0 spiro atoms. The molecule has 2 atom stereocenters. The van der Waals surface area contributed by atoms with Crippen molar-refractivity contribution < 1.29 is 13.5 Å². The van der Waals surface area contributed by atoms with Crippen molar-refractivity contribution in [3.05, 3.63) is 78.0 Å². The van der Waals surface area contributed by atoms with Gasteiger partial charge in [-0.3, -0.25) is 0 Å². The summed E-state index contributed by atoms with van der Waals surface area (Å²) in [5, 5.41) is 15.4. The van der Waals surface area contributed by atoms with Crippen molar-refractivity contribution in [3.63, 3.8) is 0 Å². The molecule has 0 radical (unpaired) electrons. The Labute approximate surface area is 165 Å². The molecular formula is C22H24N2O3S. The van der Waals surface area contributed by atoms with Crippen LogP contribution < -0.4 is 5.32 Å². The first-order valence-corrected chi connectivity index (χ1v) is 10.9. The number of nitrogens with zero attached hydrogens (tertiary/aromatic N) is 1. The highest BCUT2D eigenvalue weighted by molar-refractivity contribution is 7.90. The van der Waals surface area contributed by atoms with Crippen molar-refractivity contribution in [1.29, 1.82) is 0 Å². The van der Waals surface area contributed by atoms with Gasteiger partial charge in [-0.25, -0.2) is 12.4 Å². The smallest absolute Gasteiger partial charge is 0.268 e. The summed E-state index contributed by atoms with van der Waals surface area (Å²) in [5.41, 5.74) is 2.10. The Morgan fingerprint density at radius 1 is 1.14 bits per heavy atom. The number of rotatable bonds is 4. The van der Waals surface area contributed by atoms with Crippen molar-refractivity contribution in [2.45, 2.75) is 24.3 Å². The summed E-state index contributed by atoms with van der Waals surface area (Å²) in [7, 11) is -3.84. The number of nitrogens with one attached hydrogen (secondary N) is 1. The first-order chi connectivity index (χ1) is 13.5. The highest BCUT2D eigenvalue weighted by atomic mass is 32.2. The highest BCUT2D eigenvalue weighted by Gasteiger charge is 2.32. The molecule has 2 heterocycles.